The summed E-state index contributed by atoms with van der Waals surface area (Å²) in [6, 6.07) is 7.33. The summed E-state index contributed by atoms with van der Waals surface area (Å²) in [4.78, 5) is 23.2. The van der Waals surface area contributed by atoms with E-state index in [-0.39, 0.29) is 12.0 Å². The third kappa shape index (κ3) is 3.32. The van der Waals surface area contributed by atoms with E-state index in [2.05, 4.69) is 9.97 Å². The number of ether oxygens (including phenoxy) is 1. The van der Waals surface area contributed by atoms with Crippen LogP contribution in [-0.4, -0.2) is 40.5 Å². The summed E-state index contributed by atoms with van der Waals surface area (Å²) in [5.74, 6) is -0.0722. The first-order valence-electron chi connectivity index (χ1n) is 7.61. The van der Waals surface area contributed by atoms with Gasteiger partial charge in [-0.2, -0.15) is 0 Å². The van der Waals surface area contributed by atoms with E-state index in [1.807, 2.05) is 32.0 Å². The van der Waals surface area contributed by atoms with E-state index in [4.69, 9.17) is 10.5 Å². The fraction of sp³-hybridized carbons (Fsp3) is 0.353. The molecule has 2 N–H and O–H groups in total. The summed E-state index contributed by atoms with van der Waals surface area (Å²) in [5.41, 5.74) is 9.50. The molecule has 23 heavy (non-hydrogen) atoms. The number of carbonyl (C=O) groups is 1. The van der Waals surface area contributed by atoms with E-state index in [9.17, 15) is 4.79 Å². The van der Waals surface area contributed by atoms with Crippen LogP contribution in [-0.2, 0) is 4.74 Å². The minimum atomic E-state index is -0.265. The first kappa shape index (κ1) is 15.4. The maximum Gasteiger partial charge on any atom is 0.272 e. The van der Waals surface area contributed by atoms with Crippen LogP contribution in [0.1, 0.15) is 33.5 Å². The van der Waals surface area contributed by atoms with E-state index in [0.29, 0.717) is 31.1 Å². The Labute approximate surface area is 135 Å². The Morgan fingerprint density at radius 3 is 2.96 bits per heavy atom. The van der Waals surface area contributed by atoms with E-state index < -0.39 is 0 Å². The van der Waals surface area contributed by atoms with Gasteiger partial charge in [0.05, 0.1) is 18.8 Å². The Morgan fingerprint density at radius 1 is 1.39 bits per heavy atom. The van der Waals surface area contributed by atoms with Gasteiger partial charge in [-0.15, -0.1) is 0 Å². The summed E-state index contributed by atoms with van der Waals surface area (Å²) < 4.78 is 5.79. The number of nitrogens with zero attached hydrogens (tertiary/aromatic N) is 3. The normalized spacial score (nSPS) is 18.0. The minimum absolute atomic E-state index is 0.0722. The number of hydrogen-bond donors (Lipinski definition) is 1. The standard InChI is InChI=1S/C17H20N4O2/c1-11-4-3-5-19-16(11)17(22)21-6-7-23-15(10-21)14-9-13(18)8-12(2)20-14/h3-5,8-9,15H,6-7,10H2,1-2H3,(H2,18,20)/t15-/m1/s1. The average Bonchev–Trinajstić information content (AvgIpc) is 2.54. The highest BCUT2D eigenvalue weighted by atomic mass is 16.5. The molecule has 1 atom stereocenters. The predicted molar refractivity (Wildman–Crippen MR) is 87.0 cm³/mol. The maximum absolute atomic E-state index is 12.7. The van der Waals surface area contributed by atoms with Crippen LogP contribution in [0.3, 0.4) is 0 Å². The second-order valence-corrected chi connectivity index (χ2v) is 5.75. The monoisotopic (exact) mass is 312 g/mol. The number of nitrogen functional groups attached to an aromatic ring is 1. The van der Waals surface area contributed by atoms with Crippen LogP contribution in [0.4, 0.5) is 5.69 Å². The van der Waals surface area contributed by atoms with Gasteiger partial charge < -0.3 is 15.4 Å². The Balaban J connectivity index is 1.81. The van der Waals surface area contributed by atoms with Gasteiger partial charge in [-0.1, -0.05) is 6.07 Å². The number of anilines is 1. The lowest BCUT2D eigenvalue weighted by Gasteiger charge is -2.32. The van der Waals surface area contributed by atoms with Crippen molar-refractivity contribution in [1.82, 2.24) is 14.9 Å². The van der Waals surface area contributed by atoms with Gasteiger partial charge in [-0.05, 0) is 37.6 Å². The average molecular weight is 312 g/mol. The van der Waals surface area contributed by atoms with Crippen LogP contribution < -0.4 is 5.73 Å². The Kier molecular flexibility index (Phi) is 4.25. The van der Waals surface area contributed by atoms with Crippen LogP contribution in [0, 0.1) is 13.8 Å². The van der Waals surface area contributed by atoms with Gasteiger partial charge in [0.1, 0.15) is 11.8 Å². The van der Waals surface area contributed by atoms with Crippen molar-refractivity contribution < 1.29 is 9.53 Å². The zero-order valence-corrected chi connectivity index (χ0v) is 13.3. The van der Waals surface area contributed by atoms with Crippen LogP contribution >= 0.6 is 0 Å². The molecule has 1 amide bonds. The van der Waals surface area contributed by atoms with Crippen molar-refractivity contribution in [1.29, 1.82) is 0 Å². The van der Waals surface area contributed by atoms with E-state index in [1.54, 1.807) is 17.2 Å². The molecule has 3 heterocycles. The summed E-state index contributed by atoms with van der Waals surface area (Å²) in [6.45, 7) is 5.25. The quantitative estimate of drug-likeness (QED) is 0.916. The Bertz CT molecular complexity index is 712. The van der Waals surface area contributed by atoms with E-state index in [1.165, 1.54) is 0 Å². The lowest BCUT2D eigenvalue weighted by atomic mass is 10.1. The number of aryl methyl sites for hydroxylation is 2. The second kappa shape index (κ2) is 6.34. The molecule has 6 nitrogen and oxygen atoms in total. The van der Waals surface area contributed by atoms with Crippen molar-refractivity contribution in [3.8, 4) is 0 Å². The zero-order chi connectivity index (χ0) is 16.4. The minimum Gasteiger partial charge on any atom is -0.399 e. The van der Waals surface area contributed by atoms with Crippen molar-refractivity contribution in [2.75, 3.05) is 25.4 Å². The van der Waals surface area contributed by atoms with Gasteiger partial charge >= 0.3 is 0 Å². The van der Waals surface area contributed by atoms with Crippen molar-refractivity contribution in [3.63, 3.8) is 0 Å². The number of nitrogens with two attached hydrogens (primary N) is 1. The molecule has 0 aromatic carbocycles. The van der Waals surface area contributed by atoms with Crippen LogP contribution in [0.25, 0.3) is 0 Å². The topological polar surface area (TPSA) is 81.3 Å². The number of carbonyl (C=O) groups excluding carboxylic acids is 1. The molecular formula is C17H20N4O2. The van der Waals surface area contributed by atoms with Crippen molar-refractivity contribution in [2.45, 2.75) is 20.0 Å². The fourth-order valence-corrected chi connectivity index (χ4v) is 2.76. The first-order chi connectivity index (χ1) is 11.0. The van der Waals surface area contributed by atoms with Crippen LogP contribution in [0.5, 0.6) is 0 Å². The molecule has 1 fully saturated rings. The summed E-state index contributed by atoms with van der Waals surface area (Å²) in [6.07, 6.45) is 1.37. The van der Waals surface area contributed by atoms with Crippen LogP contribution in [0.15, 0.2) is 30.5 Å². The zero-order valence-electron chi connectivity index (χ0n) is 13.3. The fourth-order valence-electron chi connectivity index (χ4n) is 2.76. The Morgan fingerprint density at radius 2 is 2.22 bits per heavy atom. The number of amides is 1. The molecular weight excluding hydrogens is 292 g/mol. The largest absolute Gasteiger partial charge is 0.399 e. The Hall–Kier alpha value is -2.47. The number of morpholine rings is 1. The molecule has 1 saturated heterocycles. The molecule has 1 aliphatic heterocycles. The maximum atomic E-state index is 12.7. The molecule has 3 rings (SSSR count). The molecule has 0 spiro atoms. The number of aromatic nitrogens is 2. The third-order valence-corrected chi connectivity index (χ3v) is 3.89. The van der Waals surface area contributed by atoms with Gasteiger partial charge in [0, 0.05) is 24.1 Å². The molecule has 0 bridgehead atoms. The van der Waals surface area contributed by atoms with Gasteiger partial charge in [-0.3, -0.25) is 14.8 Å². The first-order valence-corrected chi connectivity index (χ1v) is 7.61. The molecule has 2 aromatic rings. The SMILES string of the molecule is Cc1cc(N)cc([C@H]2CN(C(=O)c3ncccc3C)CCO2)n1. The van der Waals surface area contributed by atoms with Crippen molar-refractivity contribution >= 4 is 11.6 Å². The molecule has 120 valence electrons. The molecule has 0 radical (unpaired) electrons. The van der Waals surface area contributed by atoms with Gasteiger partial charge in [0.25, 0.3) is 5.91 Å². The molecule has 0 saturated carbocycles. The van der Waals surface area contributed by atoms with E-state index in [0.717, 1.165) is 17.0 Å². The van der Waals surface area contributed by atoms with Crippen molar-refractivity contribution in [2.24, 2.45) is 0 Å². The smallest absolute Gasteiger partial charge is 0.272 e. The molecule has 2 aromatic heterocycles. The van der Waals surface area contributed by atoms with Gasteiger partial charge in [-0.25, -0.2) is 0 Å². The van der Waals surface area contributed by atoms with Gasteiger partial charge in [0.15, 0.2) is 0 Å². The lowest BCUT2D eigenvalue weighted by Crippen LogP contribution is -2.43. The summed E-state index contributed by atoms with van der Waals surface area (Å²) >= 11 is 0. The van der Waals surface area contributed by atoms with E-state index >= 15 is 0 Å². The summed E-state index contributed by atoms with van der Waals surface area (Å²) in [5, 5.41) is 0. The third-order valence-electron chi connectivity index (χ3n) is 3.89. The molecule has 1 aliphatic rings. The van der Waals surface area contributed by atoms with Crippen LogP contribution in [0.2, 0.25) is 0 Å². The van der Waals surface area contributed by atoms with Crippen molar-refractivity contribution in [3.05, 3.63) is 53.1 Å². The molecule has 0 unspecified atom stereocenters. The highest BCUT2D eigenvalue weighted by molar-refractivity contribution is 5.93. The van der Waals surface area contributed by atoms with Gasteiger partial charge in [0.2, 0.25) is 0 Å². The number of pyridine rings is 2. The number of rotatable bonds is 2. The predicted octanol–water partition coefficient (Wildman–Crippen LogP) is 1.89. The molecule has 6 heteroatoms. The molecule has 0 aliphatic carbocycles. The lowest BCUT2D eigenvalue weighted by molar-refractivity contribution is -0.0249. The number of hydrogen-bond acceptors (Lipinski definition) is 5. The second-order valence-electron chi connectivity index (χ2n) is 5.75. The highest BCUT2D eigenvalue weighted by Crippen LogP contribution is 2.24. The highest BCUT2D eigenvalue weighted by Gasteiger charge is 2.28. The summed E-state index contributed by atoms with van der Waals surface area (Å²) in [7, 11) is 0.